The first kappa shape index (κ1) is 19.7. The summed E-state index contributed by atoms with van der Waals surface area (Å²) < 4.78 is 29.9. The topological polar surface area (TPSA) is 68.6 Å². The Morgan fingerprint density at radius 1 is 1.18 bits per heavy atom. The highest BCUT2D eigenvalue weighted by Gasteiger charge is 2.39. The molecule has 1 aliphatic carbocycles. The van der Waals surface area contributed by atoms with Gasteiger partial charge in [-0.2, -0.15) is 5.26 Å². The molecule has 0 saturated heterocycles. The number of Topliss-reactive ketones (excluding diaryl/α,β-unsaturated/α-hetero) is 1. The van der Waals surface area contributed by atoms with E-state index in [1.807, 2.05) is 0 Å². The molecule has 2 aromatic rings. The zero-order chi connectivity index (χ0) is 20.3. The lowest BCUT2D eigenvalue weighted by Crippen LogP contribution is -2.29. The quantitative estimate of drug-likeness (QED) is 0.758. The van der Waals surface area contributed by atoms with E-state index < -0.39 is 11.8 Å². The summed E-state index contributed by atoms with van der Waals surface area (Å²) in [5, 5.41) is 9.89. The fourth-order valence-electron chi connectivity index (χ4n) is 3.96. The number of carbonyl (C=O) groups is 1. The highest BCUT2D eigenvalue weighted by atomic mass is 19.1. The van der Waals surface area contributed by atoms with Gasteiger partial charge in [-0.1, -0.05) is 12.1 Å². The van der Waals surface area contributed by atoms with Crippen LogP contribution in [0.5, 0.6) is 17.2 Å². The number of nitrogens with zero attached hydrogens (tertiary/aromatic N) is 1. The van der Waals surface area contributed by atoms with E-state index >= 15 is 0 Å². The SMILES string of the molecule is COc1cc(OC)c2c(c1OC)CCC(C(=O)Cc1cccc(F)c1)C2C#N. The van der Waals surface area contributed by atoms with Crippen molar-refractivity contribution in [3.8, 4) is 23.3 Å². The van der Waals surface area contributed by atoms with Gasteiger partial charge in [0.2, 0.25) is 0 Å². The van der Waals surface area contributed by atoms with Crippen LogP contribution in [0.25, 0.3) is 0 Å². The van der Waals surface area contributed by atoms with Crippen molar-refractivity contribution in [3.63, 3.8) is 0 Å². The van der Waals surface area contributed by atoms with Gasteiger partial charge in [-0.15, -0.1) is 0 Å². The van der Waals surface area contributed by atoms with Crippen molar-refractivity contribution in [2.75, 3.05) is 21.3 Å². The summed E-state index contributed by atoms with van der Waals surface area (Å²) in [5.41, 5.74) is 2.11. The largest absolute Gasteiger partial charge is 0.496 e. The van der Waals surface area contributed by atoms with Crippen molar-refractivity contribution in [1.29, 1.82) is 5.26 Å². The zero-order valence-electron chi connectivity index (χ0n) is 16.1. The molecule has 0 bridgehead atoms. The van der Waals surface area contributed by atoms with Crippen LogP contribution in [0.4, 0.5) is 4.39 Å². The van der Waals surface area contributed by atoms with Crippen molar-refractivity contribution < 1.29 is 23.4 Å². The summed E-state index contributed by atoms with van der Waals surface area (Å²) in [4.78, 5) is 13.0. The zero-order valence-corrected chi connectivity index (χ0v) is 16.1. The van der Waals surface area contributed by atoms with E-state index in [0.29, 0.717) is 41.2 Å². The molecule has 0 aliphatic heterocycles. The van der Waals surface area contributed by atoms with Crippen LogP contribution in [-0.4, -0.2) is 27.1 Å². The Hall–Kier alpha value is -3.07. The lowest BCUT2D eigenvalue weighted by Gasteiger charge is -2.31. The first-order valence-corrected chi connectivity index (χ1v) is 9.02. The predicted octanol–water partition coefficient (Wildman–Crippen LogP) is 3.83. The van der Waals surface area contributed by atoms with Crippen molar-refractivity contribution in [1.82, 2.24) is 0 Å². The fourth-order valence-corrected chi connectivity index (χ4v) is 3.96. The molecule has 28 heavy (non-hydrogen) atoms. The fraction of sp³-hybridized carbons (Fsp3) is 0.364. The number of fused-ring (bicyclic) bond motifs is 1. The predicted molar refractivity (Wildman–Crippen MR) is 101 cm³/mol. The monoisotopic (exact) mass is 383 g/mol. The summed E-state index contributed by atoms with van der Waals surface area (Å²) in [5.74, 6) is -0.0297. The van der Waals surface area contributed by atoms with Crippen LogP contribution in [0.1, 0.15) is 29.0 Å². The molecular formula is C22H22FNO4. The van der Waals surface area contributed by atoms with E-state index in [1.54, 1.807) is 32.4 Å². The first-order chi connectivity index (χ1) is 13.5. The lowest BCUT2D eigenvalue weighted by atomic mass is 9.72. The van der Waals surface area contributed by atoms with E-state index in [2.05, 4.69) is 6.07 Å². The van der Waals surface area contributed by atoms with E-state index in [0.717, 1.165) is 5.56 Å². The van der Waals surface area contributed by atoms with Gasteiger partial charge in [0.1, 0.15) is 17.3 Å². The maximum absolute atomic E-state index is 13.4. The van der Waals surface area contributed by atoms with E-state index in [4.69, 9.17) is 14.2 Å². The van der Waals surface area contributed by atoms with Crippen LogP contribution in [0.2, 0.25) is 0 Å². The molecule has 0 fully saturated rings. The molecule has 2 unspecified atom stereocenters. The van der Waals surface area contributed by atoms with Crippen LogP contribution >= 0.6 is 0 Å². The normalized spacial score (nSPS) is 18.0. The molecule has 2 aromatic carbocycles. The minimum Gasteiger partial charge on any atom is -0.496 e. The van der Waals surface area contributed by atoms with Gasteiger partial charge in [0, 0.05) is 29.5 Å². The smallest absolute Gasteiger partial charge is 0.164 e. The second-order valence-corrected chi connectivity index (χ2v) is 6.73. The van der Waals surface area contributed by atoms with Gasteiger partial charge >= 0.3 is 0 Å². The second-order valence-electron chi connectivity index (χ2n) is 6.73. The Morgan fingerprint density at radius 3 is 2.54 bits per heavy atom. The van der Waals surface area contributed by atoms with Gasteiger partial charge < -0.3 is 14.2 Å². The minimum absolute atomic E-state index is 0.0837. The number of halogens is 1. The van der Waals surface area contributed by atoms with Crippen molar-refractivity contribution in [3.05, 3.63) is 52.8 Å². The highest BCUT2D eigenvalue weighted by molar-refractivity contribution is 5.85. The number of hydrogen-bond acceptors (Lipinski definition) is 5. The van der Waals surface area contributed by atoms with Gasteiger partial charge in [0.05, 0.1) is 33.3 Å². The van der Waals surface area contributed by atoms with Crippen LogP contribution in [0.15, 0.2) is 30.3 Å². The Kier molecular flexibility index (Phi) is 5.84. The van der Waals surface area contributed by atoms with E-state index in [-0.39, 0.29) is 18.0 Å². The van der Waals surface area contributed by atoms with Gasteiger partial charge in [0.15, 0.2) is 11.5 Å². The highest BCUT2D eigenvalue weighted by Crippen LogP contribution is 2.49. The van der Waals surface area contributed by atoms with Gasteiger partial charge in [-0.3, -0.25) is 4.79 Å². The molecule has 0 N–H and O–H groups in total. The number of benzene rings is 2. The summed E-state index contributed by atoms with van der Waals surface area (Å²) in [7, 11) is 4.61. The number of ketones is 1. The molecule has 0 radical (unpaired) electrons. The molecule has 2 atom stereocenters. The van der Waals surface area contributed by atoms with Crippen LogP contribution in [0.3, 0.4) is 0 Å². The molecule has 0 heterocycles. The lowest BCUT2D eigenvalue weighted by molar-refractivity contribution is -0.122. The molecule has 1 aliphatic rings. The standard InChI is InChI=1S/C22H22FNO4/c1-26-19-11-20(27-2)22(28-3)16-8-7-15(17(12-24)21(16)19)18(25)10-13-5-4-6-14(23)9-13/h4-6,9,11,15,17H,7-8,10H2,1-3H3. The summed E-state index contributed by atoms with van der Waals surface area (Å²) in [6, 6.07) is 9.95. The minimum atomic E-state index is -0.667. The maximum atomic E-state index is 13.4. The molecule has 6 heteroatoms. The first-order valence-electron chi connectivity index (χ1n) is 9.02. The summed E-state index contributed by atoms with van der Waals surface area (Å²) >= 11 is 0. The third-order valence-corrected chi connectivity index (χ3v) is 5.23. The summed E-state index contributed by atoms with van der Waals surface area (Å²) in [6.45, 7) is 0. The number of ether oxygens (including phenoxy) is 3. The Balaban J connectivity index is 1.99. The van der Waals surface area contributed by atoms with Gasteiger partial charge in [0.25, 0.3) is 0 Å². The number of nitriles is 1. The number of hydrogen-bond donors (Lipinski definition) is 0. The van der Waals surface area contributed by atoms with Gasteiger partial charge in [-0.05, 0) is 30.5 Å². The molecule has 0 saturated carbocycles. The molecule has 146 valence electrons. The molecule has 0 spiro atoms. The van der Waals surface area contributed by atoms with Crippen LogP contribution < -0.4 is 14.2 Å². The Labute approximate surface area is 163 Å². The number of carbonyl (C=O) groups excluding carboxylic acids is 1. The molecule has 0 aromatic heterocycles. The number of rotatable bonds is 6. The Morgan fingerprint density at radius 2 is 1.93 bits per heavy atom. The average molecular weight is 383 g/mol. The van der Waals surface area contributed by atoms with Gasteiger partial charge in [-0.25, -0.2) is 4.39 Å². The molecule has 5 nitrogen and oxygen atoms in total. The Bertz CT molecular complexity index is 935. The third kappa shape index (κ3) is 3.53. The molecular weight excluding hydrogens is 361 g/mol. The van der Waals surface area contributed by atoms with E-state index in [1.165, 1.54) is 19.2 Å². The third-order valence-electron chi connectivity index (χ3n) is 5.23. The maximum Gasteiger partial charge on any atom is 0.164 e. The van der Waals surface area contributed by atoms with E-state index in [9.17, 15) is 14.4 Å². The van der Waals surface area contributed by atoms with Crippen LogP contribution in [0, 0.1) is 23.1 Å². The average Bonchev–Trinajstić information content (AvgIpc) is 2.71. The molecule has 3 rings (SSSR count). The second kappa shape index (κ2) is 8.30. The number of methoxy groups -OCH3 is 3. The molecule has 0 amide bonds. The van der Waals surface area contributed by atoms with Crippen molar-refractivity contribution >= 4 is 5.78 Å². The van der Waals surface area contributed by atoms with Crippen molar-refractivity contribution in [2.24, 2.45) is 5.92 Å². The van der Waals surface area contributed by atoms with Crippen molar-refractivity contribution in [2.45, 2.75) is 25.2 Å². The summed E-state index contributed by atoms with van der Waals surface area (Å²) in [6.07, 6.45) is 1.15. The van der Waals surface area contributed by atoms with Crippen LogP contribution in [-0.2, 0) is 17.6 Å².